The highest BCUT2D eigenvalue weighted by Crippen LogP contribution is 2.17. The van der Waals surface area contributed by atoms with Crippen LogP contribution in [0.15, 0.2) is 46.9 Å². The van der Waals surface area contributed by atoms with Crippen LogP contribution in [0, 0.1) is 11.6 Å². The van der Waals surface area contributed by atoms with Crippen molar-refractivity contribution in [1.29, 1.82) is 0 Å². The van der Waals surface area contributed by atoms with Crippen molar-refractivity contribution in [3.05, 3.63) is 69.7 Å². The van der Waals surface area contributed by atoms with Gasteiger partial charge in [0.1, 0.15) is 11.6 Å². The number of benzene rings is 2. The molecule has 0 aliphatic carbocycles. The van der Waals surface area contributed by atoms with Crippen molar-refractivity contribution in [3.8, 4) is 0 Å². The van der Waals surface area contributed by atoms with E-state index in [2.05, 4.69) is 21.2 Å². The highest BCUT2D eigenvalue weighted by atomic mass is 79.9. The van der Waals surface area contributed by atoms with Gasteiger partial charge in [-0.25, -0.2) is 8.78 Å². The molecule has 0 saturated carbocycles. The summed E-state index contributed by atoms with van der Waals surface area (Å²) in [5, 5.41) is 3.15. The number of nitrogens with one attached hydrogen (secondary N) is 1. The molecule has 0 saturated heterocycles. The summed E-state index contributed by atoms with van der Waals surface area (Å²) >= 11 is 3.36. The van der Waals surface area contributed by atoms with Crippen LogP contribution in [0.25, 0.3) is 0 Å². The summed E-state index contributed by atoms with van der Waals surface area (Å²) in [6.07, 6.45) is 0. The molecule has 0 amide bonds. The van der Waals surface area contributed by atoms with Gasteiger partial charge in [0, 0.05) is 17.6 Å². The molecule has 0 bridgehead atoms. The second-order valence-electron chi connectivity index (χ2n) is 3.97. The summed E-state index contributed by atoms with van der Waals surface area (Å²) in [6, 6.07) is 11.0. The number of hydrogen-bond acceptors (Lipinski definition) is 1. The molecule has 0 fully saturated rings. The Morgan fingerprint density at radius 3 is 2.50 bits per heavy atom. The van der Waals surface area contributed by atoms with Gasteiger partial charge in [-0.3, -0.25) is 0 Å². The first-order valence-electron chi connectivity index (χ1n) is 5.54. The first-order chi connectivity index (χ1) is 8.65. The molecule has 1 N–H and O–H groups in total. The van der Waals surface area contributed by atoms with Crippen molar-refractivity contribution >= 4 is 15.9 Å². The van der Waals surface area contributed by atoms with Gasteiger partial charge in [0.05, 0.1) is 0 Å². The van der Waals surface area contributed by atoms with Crippen molar-refractivity contribution in [3.63, 3.8) is 0 Å². The minimum Gasteiger partial charge on any atom is -0.309 e. The van der Waals surface area contributed by atoms with Gasteiger partial charge in [0.2, 0.25) is 0 Å². The lowest BCUT2D eigenvalue weighted by Gasteiger charge is -2.07. The fraction of sp³-hybridized carbons (Fsp3) is 0.143. The second-order valence-corrected chi connectivity index (χ2v) is 4.82. The predicted molar refractivity (Wildman–Crippen MR) is 71.0 cm³/mol. The fourth-order valence-corrected chi connectivity index (χ4v) is 2.05. The molecule has 0 radical (unpaired) electrons. The normalized spacial score (nSPS) is 10.6. The molecular weight excluding hydrogens is 300 g/mol. The van der Waals surface area contributed by atoms with Crippen LogP contribution in [-0.2, 0) is 13.1 Å². The molecule has 18 heavy (non-hydrogen) atoms. The molecule has 0 atom stereocenters. The minimum absolute atomic E-state index is 0.249. The maximum Gasteiger partial charge on any atom is 0.123 e. The molecule has 0 unspecified atom stereocenters. The Labute approximate surface area is 113 Å². The van der Waals surface area contributed by atoms with E-state index in [0.29, 0.717) is 13.1 Å². The molecule has 94 valence electrons. The smallest absolute Gasteiger partial charge is 0.123 e. The number of halogens is 3. The highest BCUT2D eigenvalue weighted by molar-refractivity contribution is 9.10. The van der Waals surface area contributed by atoms with Gasteiger partial charge in [-0.05, 0) is 41.5 Å². The fourth-order valence-electron chi connectivity index (χ4n) is 1.67. The van der Waals surface area contributed by atoms with Gasteiger partial charge in [0.25, 0.3) is 0 Å². The average Bonchev–Trinajstić information content (AvgIpc) is 2.34. The van der Waals surface area contributed by atoms with Gasteiger partial charge in [-0.2, -0.15) is 0 Å². The molecule has 0 aliphatic heterocycles. The third-order valence-electron chi connectivity index (χ3n) is 2.54. The quantitative estimate of drug-likeness (QED) is 0.899. The molecule has 0 aliphatic rings. The van der Waals surface area contributed by atoms with E-state index in [4.69, 9.17) is 0 Å². The molecule has 0 heterocycles. The third kappa shape index (κ3) is 3.62. The SMILES string of the molecule is Fc1cccc(CNCc2cc(F)ccc2Br)c1. The standard InChI is InChI=1S/C14H12BrF2N/c15-14-5-4-13(17)7-11(14)9-18-8-10-2-1-3-12(16)6-10/h1-7,18H,8-9H2. The maximum atomic E-state index is 13.1. The molecule has 0 spiro atoms. The Kier molecular flexibility index (Phi) is 4.44. The van der Waals surface area contributed by atoms with Crippen LogP contribution in [0.1, 0.15) is 11.1 Å². The Hall–Kier alpha value is -1.26. The van der Waals surface area contributed by atoms with Crippen LogP contribution >= 0.6 is 15.9 Å². The van der Waals surface area contributed by atoms with E-state index >= 15 is 0 Å². The van der Waals surface area contributed by atoms with E-state index in [1.807, 2.05) is 6.07 Å². The third-order valence-corrected chi connectivity index (χ3v) is 3.31. The number of rotatable bonds is 4. The van der Waals surface area contributed by atoms with Crippen molar-refractivity contribution < 1.29 is 8.78 Å². The molecule has 4 heteroatoms. The van der Waals surface area contributed by atoms with E-state index in [1.165, 1.54) is 24.3 Å². The molecular formula is C14H12BrF2N. The van der Waals surface area contributed by atoms with Gasteiger partial charge in [-0.15, -0.1) is 0 Å². The molecule has 2 rings (SSSR count). The summed E-state index contributed by atoms with van der Waals surface area (Å²) in [5.74, 6) is -0.512. The number of hydrogen-bond donors (Lipinski definition) is 1. The van der Waals surface area contributed by atoms with Gasteiger partial charge < -0.3 is 5.32 Å². The zero-order chi connectivity index (χ0) is 13.0. The van der Waals surface area contributed by atoms with Crippen LogP contribution in [-0.4, -0.2) is 0 Å². The van der Waals surface area contributed by atoms with Crippen LogP contribution in [0.5, 0.6) is 0 Å². The van der Waals surface area contributed by atoms with Crippen LogP contribution in [0.2, 0.25) is 0 Å². The predicted octanol–water partition coefficient (Wildman–Crippen LogP) is 4.02. The van der Waals surface area contributed by atoms with Gasteiger partial charge >= 0.3 is 0 Å². The summed E-state index contributed by atoms with van der Waals surface area (Å²) in [4.78, 5) is 0. The summed E-state index contributed by atoms with van der Waals surface area (Å²) in [5.41, 5.74) is 1.70. The monoisotopic (exact) mass is 311 g/mol. The van der Waals surface area contributed by atoms with E-state index < -0.39 is 0 Å². The Morgan fingerprint density at radius 2 is 1.72 bits per heavy atom. The van der Waals surface area contributed by atoms with Gasteiger partial charge in [0.15, 0.2) is 0 Å². The van der Waals surface area contributed by atoms with Crippen molar-refractivity contribution in [2.24, 2.45) is 0 Å². The van der Waals surface area contributed by atoms with E-state index in [-0.39, 0.29) is 11.6 Å². The van der Waals surface area contributed by atoms with E-state index in [0.717, 1.165) is 15.6 Å². The van der Waals surface area contributed by atoms with Crippen LogP contribution in [0.4, 0.5) is 8.78 Å². The zero-order valence-corrected chi connectivity index (χ0v) is 11.2. The Morgan fingerprint density at radius 1 is 0.944 bits per heavy atom. The molecule has 1 nitrogen and oxygen atoms in total. The van der Waals surface area contributed by atoms with E-state index in [9.17, 15) is 8.78 Å². The maximum absolute atomic E-state index is 13.1. The summed E-state index contributed by atoms with van der Waals surface area (Å²) in [6.45, 7) is 1.07. The lowest BCUT2D eigenvalue weighted by molar-refractivity contribution is 0.614. The molecule has 2 aromatic carbocycles. The zero-order valence-electron chi connectivity index (χ0n) is 9.59. The van der Waals surface area contributed by atoms with Crippen LogP contribution in [0.3, 0.4) is 0 Å². The lowest BCUT2D eigenvalue weighted by atomic mass is 10.2. The largest absolute Gasteiger partial charge is 0.309 e. The van der Waals surface area contributed by atoms with Crippen molar-refractivity contribution in [2.45, 2.75) is 13.1 Å². The average molecular weight is 312 g/mol. The first-order valence-corrected chi connectivity index (χ1v) is 6.33. The van der Waals surface area contributed by atoms with Gasteiger partial charge in [-0.1, -0.05) is 28.1 Å². The van der Waals surface area contributed by atoms with Crippen molar-refractivity contribution in [2.75, 3.05) is 0 Å². The second kappa shape index (κ2) is 6.07. The Balaban J connectivity index is 1.94. The topological polar surface area (TPSA) is 12.0 Å². The minimum atomic E-state index is -0.263. The highest BCUT2D eigenvalue weighted by Gasteiger charge is 2.02. The lowest BCUT2D eigenvalue weighted by Crippen LogP contribution is -2.13. The first kappa shape index (κ1) is 13.2. The molecule has 0 aromatic heterocycles. The summed E-state index contributed by atoms with van der Waals surface area (Å²) < 4.78 is 26.9. The Bertz CT molecular complexity index is 543. The van der Waals surface area contributed by atoms with E-state index in [1.54, 1.807) is 12.1 Å². The van der Waals surface area contributed by atoms with Crippen LogP contribution < -0.4 is 5.32 Å². The van der Waals surface area contributed by atoms with Crippen molar-refractivity contribution in [1.82, 2.24) is 5.32 Å². The summed E-state index contributed by atoms with van der Waals surface area (Å²) in [7, 11) is 0. The molecule has 2 aromatic rings.